The van der Waals surface area contributed by atoms with Gasteiger partial charge in [0.2, 0.25) is 5.91 Å². The third kappa shape index (κ3) is 4.70. The molecule has 0 saturated carbocycles. The maximum atomic E-state index is 12.3. The van der Waals surface area contributed by atoms with Crippen LogP contribution in [0.25, 0.3) is 0 Å². The topological polar surface area (TPSA) is 87.5 Å². The summed E-state index contributed by atoms with van der Waals surface area (Å²) in [4.78, 5) is 25.7. The summed E-state index contributed by atoms with van der Waals surface area (Å²) in [6, 6.07) is 8.55. The molecule has 1 aromatic heterocycles. The van der Waals surface area contributed by atoms with E-state index in [9.17, 15) is 9.59 Å². The van der Waals surface area contributed by atoms with Crippen LogP contribution in [0.2, 0.25) is 0 Å². The molecule has 2 N–H and O–H groups in total. The molecule has 0 spiro atoms. The lowest BCUT2D eigenvalue weighted by molar-refractivity contribution is -0.116. The van der Waals surface area contributed by atoms with E-state index in [1.807, 2.05) is 25.1 Å². The van der Waals surface area contributed by atoms with Gasteiger partial charge >= 0.3 is 6.03 Å². The first-order valence-electron chi connectivity index (χ1n) is 7.03. The first-order chi connectivity index (χ1) is 11.1. The van der Waals surface area contributed by atoms with Crippen LogP contribution in [0.3, 0.4) is 0 Å². The van der Waals surface area contributed by atoms with E-state index in [1.165, 1.54) is 17.2 Å². The van der Waals surface area contributed by atoms with Crippen molar-refractivity contribution >= 4 is 23.4 Å². The summed E-state index contributed by atoms with van der Waals surface area (Å²) in [6.45, 7) is 5.62. The van der Waals surface area contributed by atoms with Crippen molar-refractivity contribution in [2.24, 2.45) is 0 Å². The number of hydrogen-bond acceptors (Lipinski definition) is 4. The van der Waals surface area contributed by atoms with Gasteiger partial charge in [0.05, 0.1) is 0 Å². The highest BCUT2D eigenvalue weighted by Crippen LogP contribution is 2.14. The second-order valence-electron chi connectivity index (χ2n) is 4.85. The first kappa shape index (κ1) is 16.3. The summed E-state index contributed by atoms with van der Waals surface area (Å²) in [6.07, 6.45) is 2.91. The van der Waals surface area contributed by atoms with Gasteiger partial charge in [0.15, 0.2) is 5.82 Å². The number of urea groups is 1. The van der Waals surface area contributed by atoms with E-state index in [1.54, 1.807) is 12.1 Å². The molecule has 0 unspecified atom stereocenters. The number of hydrogen-bond donors (Lipinski definition) is 2. The Morgan fingerprint density at radius 3 is 2.74 bits per heavy atom. The predicted octanol–water partition coefficient (Wildman–Crippen LogP) is 2.64. The largest absolute Gasteiger partial charge is 0.363 e. The fourth-order valence-electron chi connectivity index (χ4n) is 1.92. The molecule has 2 rings (SSSR count). The molecule has 0 radical (unpaired) electrons. The molecule has 3 amide bonds. The van der Waals surface area contributed by atoms with Gasteiger partial charge in [-0.15, -0.1) is 6.58 Å². The molecule has 1 heterocycles. The fraction of sp³-hybridized carbons (Fsp3) is 0.188. The lowest BCUT2D eigenvalue weighted by Crippen LogP contribution is -2.40. The fourth-order valence-corrected chi connectivity index (χ4v) is 1.92. The third-order valence-electron chi connectivity index (χ3n) is 3.06. The number of nitrogens with one attached hydrogen (secondary N) is 2. The number of nitrogens with zero attached hydrogens (tertiary/aromatic N) is 2. The maximum Gasteiger partial charge on any atom is 0.322 e. The van der Waals surface area contributed by atoms with Crippen LogP contribution in [0.4, 0.5) is 16.3 Å². The quantitative estimate of drug-likeness (QED) is 0.802. The second-order valence-corrected chi connectivity index (χ2v) is 4.85. The number of amides is 3. The Kier molecular flexibility index (Phi) is 5.51. The highest BCUT2D eigenvalue weighted by molar-refractivity contribution is 5.96. The Bertz CT molecular complexity index is 682. The standard InChI is InChI=1S/C16H18N4O3/c1-3-9-20(11-15(21)18-14-8-10-23-19-14)16(22)17-13-7-5-4-6-12(13)2/h3-8,10H,1,9,11H2,2H3,(H,17,22)(H,18,19,21). The molecule has 0 fully saturated rings. The number of rotatable bonds is 6. The molecule has 120 valence electrons. The van der Waals surface area contributed by atoms with Crippen molar-refractivity contribution in [1.29, 1.82) is 0 Å². The molecule has 23 heavy (non-hydrogen) atoms. The maximum absolute atomic E-state index is 12.3. The van der Waals surface area contributed by atoms with Crippen molar-refractivity contribution in [2.75, 3.05) is 23.7 Å². The summed E-state index contributed by atoms with van der Waals surface area (Å²) in [5.74, 6) is -0.0754. The van der Waals surface area contributed by atoms with Gasteiger partial charge in [-0.05, 0) is 18.6 Å². The van der Waals surface area contributed by atoms with E-state index in [4.69, 9.17) is 0 Å². The third-order valence-corrected chi connectivity index (χ3v) is 3.06. The smallest absolute Gasteiger partial charge is 0.322 e. The summed E-state index contributed by atoms with van der Waals surface area (Å²) < 4.78 is 4.63. The summed E-state index contributed by atoms with van der Waals surface area (Å²) in [5.41, 5.74) is 1.63. The zero-order chi connectivity index (χ0) is 16.7. The van der Waals surface area contributed by atoms with Crippen molar-refractivity contribution in [1.82, 2.24) is 10.1 Å². The predicted molar refractivity (Wildman–Crippen MR) is 87.1 cm³/mol. The molecule has 0 saturated heterocycles. The summed E-state index contributed by atoms with van der Waals surface area (Å²) in [7, 11) is 0. The van der Waals surface area contributed by atoms with Gasteiger partial charge in [0.1, 0.15) is 12.8 Å². The van der Waals surface area contributed by atoms with Crippen molar-refractivity contribution in [3.05, 3.63) is 54.8 Å². The Balaban J connectivity index is 1.99. The van der Waals surface area contributed by atoms with E-state index in [0.717, 1.165) is 5.56 Å². The lowest BCUT2D eigenvalue weighted by Gasteiger charge is -2.21. The van der Waals surface area contributed by atoms with Gasteiger partial charge < -0.3 is 20.1 Å². The SMILES string of the molecule is C=CCN(CC(=O)Nc1ccon1)C(=O)Nc1ccccc1C. The number of carbonyl (C=O) groups is 2. The van der Waals surface area contributed by atoms with E-state index in [0.29, 0.717) is 11.5 Å². The lowest BCUT2D eigenvalue weighted by atomic mass is 10.2. The van der Waals surface area contributed by atoms with E-state index in [-0.39, 0.29) is 25.0 Å². The molecule has 7 nitrogen and oxygen atoms in total. The average molecular weight is 314 g/mol. The Morgan fingerprint density at radius 2 is 2.09 bits per heavy atom. The van der Waals surface area contributed by atoms with Crippen LogP contribution in [0.5, 0.6) is 0 Å². The number of aryl methyl sites for hydroxylation is 1. The number of benzene rings is 1. The normalized spacial score (nSPS) is 9.96. The molecule has 0 bridgehead atoms. The molecule has 0 aliphatic carbocycles. The summed E-state index contributed by atoms with van der Waals surface area (Å²) >= 11 is 0. The second kappa shape index (κ2) is 7.79. The van der Waals surface area contributed by atoms with Crippen LogP contribution in [-0.4, -0.2) is 35.1 Å². The highest BCUT2D eigenvalue weighted by atomic mass is 16.5. The molecule has 2 aromatic rings. The average Bonchev–Trinajstić information content (AvgIpc) is 3.02. The Labute approximate surface area is 134 Å². The van der Waals surface area contributed by atoms with Crippen molar-refractivity contribution in [3.63, 3.8) is 0 Å². The Hall–Kier alpha value is -3.09. The molecule has 0 aliphatic heterocycles. The van der Waals surface area contributed by atoms with Crippen molar-refractivity contribution in [3.8, 4) is 0 Å². The number of aromatic nitrogens is 1. The Morgan fingerprint density at radius 1 is 1.30 bits per heavy atom. The van der Waals surface area contributed by atoms with Gasteiger partial charge in [0.25, 0.3) is 0 Å². The number of anilines is 2. The van der Waals surface area contributed by atoms with Gasteiger partial charge in [0, 0.05) is 18.3 Å². The monoisotopic (exact) mass is 314 g/mol. The van der Waals surface area contributed by atoms with E-state index < -0.39 is 0 Å². The van der Waals surface area contributed by atoms with Crippen LogP contribution in [0, 0.1) is 6.92 Å². The summed E-state index contributed by atoms with van der Waals surface area (Å²) in [5, 5.41) is 8.91. The van der Waals surface area contributed by atoms with Crippen LogP contribution in [-0.2, 0) is 4.79 Å². The van der Waals surface area contributed by atoms with Gasteiger partial charge in [-0.3, -0.25) is 4.79 Å². The minimum absolute atomic E-state index is 0.128. The van der Waals surface area contributed by atoms with Crippen molar-refractivity contribution < 1.29 is 14.1 Å². The first-order valence-corrected chi connectivity index (χ1v) is 7.03. The minimum atomic E-state index is -0.380. The zero-order valence-corrected chi connectivity index (χ0v) is 12.8. The van der Waals surface area contributed by atoms with E-state index in [2.05, 4.69) is 26.9 Å². The van der Waals surface area contributed by atoms with Crippen LogP contribution < -0.4 is 10.6 Å². The molecular weight excluding hydrogens is 296 g/mol. The molecule has 0 aliphatic rings. The van der Waals surface area contributed by atoms with Crippen LogP contribution in [0.1, 0.15) is 5.56 Å². The highest BCUT2D eigenvalue weighted by Gasteiger charge is 2.17. The molecular formula is C16H18N4O3. The van der Waals surface area contributed by atoms with Crippen LogP contribution >= 0.6 is 0 Å². The minimum Gasteiger partial charge on any atom is -0.363 e. The van der Waals surface area contributed by atoms with E-state index >= 15 is 0 Å². The number of para-hydroxylation sites is 1. The van der Waals surface area contributed by atoms with Crippen molar-refractivity contribution in [2.45, 2.75) is 6.92 Å². The number of carbonyl (C=O) groups excluding carboxylic acids is 2. The van der Waals surface area contributed by atoms with Crippen LogP contribution in [0.15, 0.2) is 53.8 Å². The van der Waals surface area contributed by atoms with Gasteiger partial charge in [-0.1, -0.05) is 29.4 Å². The van der Waals surface area contributed by atoms with Gasteiger partial charge in [-0.2, -0.15) is 0 Å². The zero-order valence-electron chi connectivity index (χ0n) is 12.8. The van der Waals surface area contributed by atoms with Gasteiger partial charge in [-0.25, -0.2) is 4.79 Å². The molecule has 1 aromatic carbocycles. The molecule has 0 atom stereocenters. The molecule has 7 heteroatoms.